The number of hydrogen-bond acceptors (Lipinski definition) is 5. The van der Waals surface area contributed by atoms with Gasteiger partial charge in [0.25, 0.3) is 0 Å². The lowest BCUT2D eigenvalue weighted by Gasteiger charge is -2.12. The van der Waals surface area contributed by atoms with Gasteiger partial charge >= 0.3 is 0 Å². The van der Waals surface area contributed by atoms with E-state index in [1.54, 1.807) is 30.3 Å². The van der Waals surface area contributed by atoms with Crippen molar-refractivity contribution in [1.29, 1.82) is 0 Å². The number of methoxy groups -OCH3 is 2. The minimum atomic E-state index is -3.76. The van der Waals surface area contributed by atoms with E-state index in [-0.39, 0.29) is 4.90 Å². The van der Waals surface area contributed by atoms with Crippen molar-refractivity contribution in [2.24, 2.45) is 0 Å². The fraction of sp³-hybridized carbons (Fsp3) is 0.188. The van der Waals surface area contributed by atoms with E-state index in [0.717, 1.165) is 3.57 Å². The van der Waals surface area contributed by atoms with Gasteiger partial charge in [0.1, 0.15) is 11.5 Å². The van der Waals surface area contributed by atoms with Gasteiger partial charge in [0.15, 0.2) is 0 Å². The van der Waals surface area contributed by atoms with E-state index < -0.39 is 22.5 Å². The molecule has 0 saturated carbocycles. The molecule has 2 rings (SSSR count). The first-order valence-electron chi connectivity index (χ1n) is 7.13. The third-order valence-corrected chi connectivity index (χ3v) is 5.36. The third kappa shape index (κ3) is 5.31. The highest BCUT2D eigenvalue weighted by Crippen LogP contribution is 2.28. The fourth-order valence-electron chi connectivity index (χ4n) is 1.96. The van der Waals surface area contributed by atoms with Gasteiger partial charge in [-0.3, -0.25) is 4.79 Å². The lowest BCUT2D eigenvalue weighted by Crippen LogP contribution is -2.33. The number of carbonyl (C=O) groups excluding carboxylic acids is 1. The van der Waals surface area contributed by atoms with Crippen LogP contribution in [0.15, 0.2) is 47.4 Å². The maximum atomic E-state index is 12.2. The number of benzene rings is 2. The van der Waals surface area contributed by atoms with Crippen LogP contribution >= 0.6 is 22.6 Å². The molecule has 0 aliphatic carbocycles. The maximum Gasteiger partial charge on any atom is 0.241 e. The molecule has 1 amide bonds. The molecule has 134 valence electrons. The van der Waals surface area contributed by atoms with Gasteiger partial charge in [-0.2, -0.15) is 0 Å². The molecule has 25 heavy (non-hydrogen) atoms. The Bertz CT molecular complexity index is 853. The molecule has 0 spiro atoms. The van der Waals surface area contributed by atoms with Gasteiger partial charge in [-0.25, -0.2) is 13.1 Å². The summed E-state index contributed by atoms with van der Waals surface area (Å²) in [5, 5.41) is 2.60. The molecular weight excluding hydrogens is 459 g/mol. The zero-order chi connectivity index (χ0) is 18.4. The Morgan fingerprint density at radius 1 is 1.08 bits per heavy atom. The number of carbonyl (C=O) groups is 1. The molecule has 2 aromatic rings. The molecule has 9 heteroatoms. The molecule has 0 bridgehead atoms. The van der Waals surface area contributed by atoms with Crippen molar-refractivity contribution in [3.05, 3.63) is 46.0 Å². The summed E-state index contributed by atoms with van der Waals surface area (Å²) in [5.41, 5.74) is 0.389. The number of sulfonamides is 1. The van der Waals surface area contributed by atoms with Crippen molar-refractivity contribution in [2.45, 2.75) is 4.90 Å². The standard InChI is InChI=1S/C16H17IN2O5S/c1-23-12-5-8-15(24-2)14(9-12)19-16(20)10-18-25(21,22)13-6-3-11(17)4-7-13/h3-9,18H,10H2,1-2H3,(H,19,20). The largest absolute Gasteiger partial charge is 0.497 e. The van der Waals surface area contributed by atoms with Gasteiger partial charge in [-0.15, -0.1) is 0 Å². The van der Waals surface area contributed by atoms with Crippen LogP contribution in [0.25, 0.3) is 0 Å². The Labute approximate surface area is 159 Å². The normalized spacial score (nSPS) is 11.0. The van der Waals surface area contributed by atoms with Crippen LogP contribution in [-0.4, -0.2) is 35.1 Å². The third-order valence-electron chi connectivity index (χ3n) is 3.23. The van der Waals surface area contributed by atoms with E-state index in [1.165, 1.54) is 26.4 Å². The fourth-order valence-corrected chi connectivity index (χ4v) is 3.31. The molecule has 0 aliphatic heterocycles. The Hall–Kier alpha value is -1.85. The molecule has 0 atom stereocenters. The minimum absolute atomic E-state index is 0.0969. The summed E-state index contributed by atoms with van der Waals surface area (Å²) in [6.45, 7) is -0.408. The number of amides is 1. The van der Waals surface area contributed by atoms with Crippen molar-refractivity contribution in [1.82, 2.24) is 4.72 Å². The van der Waals surface area contributed by atoms with E-state index in [2.05, 4.69) is 32.6 Å². The van der Waals surface area contributed by atoms with E-state index >= 15 is 0 Å². The highest BCUT2D eigenvalue weighted by Gasteiger charge is 2.16. The molecule has 0 heterocycles. The van der Waals surface area contributed by atoms with Gasteiger partial charge in [0.05, 0.1) is 31.3 Å². The first-order chi connectivity index (χ1) is 11.9. The topological polar surface area (TPSA) is 93.7 Å². The van der Waals surface area contributed by atoms with Crippen LogP contribution in [0.5, 0.6) is 11.5 Å². The molecule has 0 saturated heterocycles. The summed E-state index contributed by atoms with van der Waals surface area (Å²) < 4.78 is 37.8. The average molecular weight is 476 g/mol. The van der Waals surface area contributed by atoms with Gasteiger partial charge in [-0.05, 0) is 59.0 Å². The zero-order valence-corrected chi connectivity index (χ0v) is 16.6. The summed E-state index contributed by atoms with van der Waals surface area (Å²) >= 11 is 2.08. The van der Waals surface area contributed by atoms with Crippen LogP contribution in [0.4, 0.5) is 5.69 Å². The van der Waals surface area contributed by atoms with Crippen molar-refractivity contribution in [3.8, 4) is 11.5 Å². The van der Waals surface area contributed by atoms with Crippen molar-refractivity contribution >= 4 is 44.2 Å². The average Bonchev–Trinajstić information content (AvgIpc) is 2.60. The molecule has 0 aliphatic rings. The van der Waals surface area contributed by atoms with Gasteiger partial charge in [0.2, 0.25) is 15.9 Å². The van der Waals surface area contributed by atoms with Gasteiger partial charge < -0.3 is 14.8 Å². The summed E-state index contributed by atoms with van der Waals surface area (Å²) in [6, 6.07) is 11.2. The van der Waals surface area contributed by atoms with Crippen LogP contribution in [0, 0.1) is 3.57 Å². The Balaban J connectivity index is 2.04. The lowest BCUT2D eigenvalue weighted by atomic mass is 10.2. The van der Waals surface area contributed by atoms with Crippen molar-refractivity contribution < 1.29 is 22.7 Å². The molecule has 0 aromatic heterocycles. The van der Waals surface area contributed by atoms with Gasteiger partial charge in [0, 0.05) is 9.64 Å². The number of rotatable bonds is 7. The second-order valence-corrected chi connectivity index (χ2v) is 7.91. The van der Waals surface area contributed by atoms with Crippen LogP contribution in [0.2, 0.25) is 0 Å². The second-order valence-electron chi connectivity index (χ2n) is 4.89. The molecule has 0 fully saturated rings. The summed E-state index contributed by atoms with van der Waals surface area (Å²) in [4.78, 5) is 12.2. The first kappa shape index (κ1) is 19.5. The molecule has 0 radical (unpaired) electrons. The summed E-state index contributed by atoms with van der Waals surface area (Å²) in [6.07, 6.45) is 0. The SMILES string of the molecule is COc1ccc(OC)c(NC(=O)CNS(=O)(=O)c2ccc(I)cc2)c1. The number of anilines is 1. The smallest absolute Gasteiger partial charge is 0.241 e. The number of nitrogens with one attached hydrogen (secondary N) is 2. The molecule has 2 N–H and O–H groups in total. The maximum absolute atomic E-state index is 12.2. The highest BCUT2D eigenvalue weighted by atomic mass is 127. The van der Waals surface area contributed by atoms with Crippen LogP contribution in [-0.2, 0) is 14.8 Å². The van der Waals surface area contributed by atoms with Crippen LogP contribution in [0.1, 0.15) is 0 Å². The zero-order valence-electron chi connectivity index (χ0n) is 13.6. The lowest BCUT2D eigenvalue weighted by molar-refractivity contribution is -0.115. The van der Waals surface area contributed by atoms with Gasteiger partial charge in [-0.1, -0.05) is 0 Å². The quantitative estimate of drug-likeness (QED) is 0.598. The van der Waals surface area contributed by atoms with E-state index in [4.69, 9.17) is 9.47 Å². The number of halogens is 1. The number of ether oxygens (including phenoxy) is 2. The molecule has 0 unspecified atom stereocenters. The monoisotopic (exact) mass is 476 g/mol. The Morgan fingerprint density at radius 2 is 1.76 bits per heavy atom. The Kier molecular flexibility index (Phi) is 6.62. The van der Waals surface area contributed by atoms with E-state index in [1.807, 2.05) is 0 Å². The summed E-state index contributed by atoms with van der Waals surface area (Å²) in [5.74, 6) is 0.450. The van der Waals surface area contributed by atoms with E-state index in [9.17, 15) is 13.2 Å². The highest BCUT2D eigenvalue weighted by molar-refractivity contribution is 14.1. The Morgan fingerprint density at radius 3 is 2.36 bits per heavy atom. The minimum Gasteiger partial charge on any atom is -0.497 e. The second kappa shape index (κ2) is 8.50. The molecule has 7 nitrogen and oxygen atoms in total. The van der Waals surface area contributed by atoms with Crippen LogP contribution < -0.4 is 19.5 Å². The number of hydrogen-bond donors (Lipinski definition) is 2. The molecular formula is C16H17IN2O5S. The van der Waals surface area contributed by atoms with E-state index in [0.29, 0.717) is 17.2 Å². The van der Waals surface area contributed by atoms with Crippen molar-refractivity contribution in [2.75, 3.05) is 26.1 Å². The predicted octanol–water partition coefficient (Wildman–Crippen LogP) is 2.23. The summed E-state index contributed by atoms with van der Waals surface area (Å²) in [7, 11) is -0.791. The van der Waals surface area contributed by atoms with Crippen molar-refractivity contribution in [3.63, 3.8) is 0 Å². The predicted molar refractivity (Wildman–Crippen MR) is 103 cm³/mol. The van der Waals surface area contributed by atoms with Crippen LogP contribution in [0.3, 0.4) is 0 Å². The first-order valence-corrected chi connectivity index (χ1v) is 9.69. The molecule has 2 aromatic carbocycles.